The number of nitrogens with zero attached hydrogens (tertiary/aromatic N) is 3. The lowest BCUT2D eigenvalue weighted by Gasteiger charge is -2.29. The molecule has 3 heterocycles. The minimum atomic E-state index is -0.158. The summed E-state index contributed by atoms with van der Waals surface area (Å²) in [5.41, 5.74) is 4.93. The average Bonchev–Trinajstić information content (AvgIpc) is 3.40. The first-order valence-electron chi connectivity index (χ1n) is 10.3. The quantitative estimate of drug-likeness (QED) is 0.264. The Balaban J connectivity index is 1.69. The molecule has 0 unspecified atom stereocenters. The van der Waals surface area contributed by atoms with Crippen LogP contribution in [0.4, 0.5) is 5.69 Å². The number of nitrogens with one attached hydrogen (secondary N) is 1. The summed E-state index contributed by atoms with van der Waals surface area (Å²) in [5, 5.41) is 5.33. The molecular weight excluding hydrogens is 539 g/mol. The van der Waals surface area contributed by atoms with Gasteiger partial charge in [-0.05, 0) is 85.4 Å². The summed E-state index contributed by atoms with van der Waals surface area (Å²) in [6.45, 7) is 2.07. The molecule has 0 bridgehead atoms. The number of hydrogen-bond donors (Lipinski definition) is 1. The lowest BCUT2D eigenvalue weighted by atomic mass is 10.0. The van der Waals surface area contributed by atoms with Gasteiger partial charge in [0.25, 0.3) is 0 Å². The van der Waals surface area contributed by atoms with Gasteiger partial charge >= 0.3 is 0 Å². The van der Waals surface area contributed by atoms with E-state index in [1.54, 1.807) is 12.3 Å². The summed E-state index contributed by atoms with van der Waals surface area (Å²) in [4.78, 5) is 6.79. The standard InChI is InChI=1S/C25H19BrCl2N4S/c1-15-13-17(8-9-18(15)26)32-24(23(30-25(32)33)20-5-2-3-11-29-20)22-6-4-12-31(22)21-10-7-16(27)14-19(21)28/h2-14,23-24H,1H3,(H,30,33)/t23-,24-/m1/s1. The fourth-order valence-corrected chi connectivity index (χ4v) is 5.34. The monoisotopic (exact) mass is 556 g/mol. The van der Waals surface area contributed by atoms with Crippen LogP contribution in [0.5, 0.6) is 0 Å². The zero-order valence-electron chi connectivity index (χ0n) is 17.5. The summed E-state index contributed by atoms with van der Waals surface area (Å²) in [6, 6.07) is 21.5. The van der Waals surface area contributed by atoms with Crippen LogP contribution >= 0.6 is 51.3 Å². The van der Waals surface area contributed by atoms with Crippen molar-refractivity contribution in [1.82, 2.24) is 14.9 Å². The third kappa shape index (κ3) is 4.17. The number of hydrogen-bond acceptors (Lipinski definition) is 2. The highest BCUT2D eigenvalue weighted by Crippen LogP contribution is 2.43. The maximum Gasteiger partial charge on any atom is 0.174 e. The van der Waals surface area contributed by atoms with E-state index in [2.05, 4.69) is 60.8 Å². The van der Waals surface area contributed by atoms with Crippen molar-refractivity contribution in [3.05, 3.63) is 111 Å². The van der Waals surface area contributed by atoms with E-state index in [1.165, 1.54) is 0 Å². The van der Waals surface area contributed by atoms with Crippen molar-refractivity contribution < 1.29 is 0 Å². The molecule has 5 rings (SSSR count). The van der Waals surface area contributed by atoms with Crippen LogP contribution in [0.25, 0.3) is 5.69 Å². The molecule has 0 amide bonds. The van der Waals surface area contributed by atoms with E-state index in [-0.39, 0.29) is 12.1 Å². The Kier molecular flexibility index (Phi) is 6.18. The van der Waals surface area contributed by atoms with Crippen LogP contribution in [0.15, 0.2) is 83.6 Å². The second kappa shape index (κ2) is 9.11. The van der Waals surface area contributed by atoms with Gasteiger partial charge in [0, 0.05) is 33.3 Å². The predicted molar refractivity (Wildman–Crippen MR) is 143 cm³/mol. The SMILES string of the molecule is Cc1cc(N2C(=S)N[C@H](c3ccccn3)[C@H]2c2cccn2-c2ccc(Cl)cc2Cl)ccc1Br. The third-order valence-corrected chi connectivity index (χ3v) is 7.51. The molecule has 2 aromatic carbocycles. The molecule has 0 radical (unpaired) electrons. The van der Waals surface area contributed by atoms with Gasteiger partial charge in [-0.25, -0.2) is 0 Å². The molecular formula is C25H19BrCl2N4S. The largest absolute Gasteiger partial charge is 0.351 e. The number of benzene rings is 2. The molecule has 166 valence electrons. The Morgan fingerprint density at radius 3 is 2.61 bits per heavy atom. The Morgan fingerprint density at radius 2 is 1.88 bits per heavy atom. The summed E-state index contributed by atoms with van der Waals surface area (Å²) in [7, 11) is 0. The van der Waals surface area contributed by atoms with Gasteiger partial charge in [0.1, 0.15) is 6.04 Å². The van der Waals surface area contributed by atoms with Crippen molar-refractivity contribution in [2.24, 2.45) is 0 Å². The number of aryl methyl sites for hydroxylation is 1. The molecule has 2 atom stereocenters. The third-order valence-electron chi connectivity index (χ3n) is 5.77. The smallest absolute Gasteiger partial charge is 0.174 e. The van der Waals surface area contributed by atoms with Crippen LogP contribution in [-0.2, 0) is 0 Å². The molecule has 1 fully saturated rings. The molecule has 1 aliphatic heterocycles. The molecule has 33 heavy (non-hydrogen) atoms. The Labute approximate surface area is 216 Å². The van der Waals surface area contributed by atoms with Crippen molar-refractivity contribution >= 4 is 62.1 Å². The minimum absolute atomic E-state index is 0.151. The van der Waals surface area contributed by atoms with Crippen molar-refractivity contribution in [2.45, 2.75) is 19.0 Å². The summed E-state index contributed by atoms with van der Waals surface area (Å²) >= 11 is 22.2. The number of pyridine rings is 1. The van der Waals surface area contributed by atoms with E-state index >= 15 is 0 Å². The van der Waals surface area contributed by atoms with Gasteiger partial charge in [0.15, 0.2) is 5.11 Å². The Hall–Kier alpha value is -2.38. The van der Waals surface area contributed by atoms with Crippen molar-refractivity contribution in [3.8, 4) is 5.69 Å². The van der Waals surface area contributed by atoms with Gasteiger partial charge in [0.2, 0.25) is 0 Å². The normalized spacial score (nSPS) is 17.9. The molecule has 0 spiro atoms. The highest BCUT2D eigenvalue weighted by atomic mass is 79.9. The van der Waals surface area contributed by atoms with Gasteiger partial charge in [-0.1, -0.05) is 45.2 Å². The maximum absolute atomic E-state index is 6.60. The predicted octanol–water partition coefficient (Wildman–Crippen LogP) is 7.43. The number of rotatable bonds is 4. The average molecular weight is 558 g/mol. The fraction of sp³-hybridized carbons (Fsp3) is 0.120. The van der Waals surface area contributed by atoms with Crippen LogP contribution in [0.2, 0.25) is 10.0 Å². The highest BCUT2D eigenvalue weighted by molar-refractivity contribution is 9.10. The second-order valence-electron chi connectivity index (χ2n) is 7.83. The first-order valence-corrected chi connectivity index (χ1v) is 12.3. The molecule has 1 aliphatic rings. The molecule has 2 aromatic heterocycles. The van der Waals surface area contributed by atoms with Gasteiger partial charge in [-0.3, -0.25) is 4.98 Å². The summed E-state index contributed by atoms with van der Waals surface area (Å²) in [5.74, 6) is 0. The molecule has 0 aliphatic carbocycles. The number of halogens is 3. The highest BCUT2D eigenvalue weighted by Gasteiger charge is 2.42. The molecule has 4 aromatic rings. The molecule has 8 heteroatoms. The van der Waals surface area contributed by atoms with Crippen molar-refractivity contribution in [1.29, 1.82) is 0 Å². The first kappa shape index (κ1) is 22.4. The van der Waals surface area contributed by atoms with Gasteiger partial charge in [-0.15, -0.1) is 0 Å². The van der Waals surface area contributed by atoms with Gasteiger partial charge in [0.05, 0.1) is 22.4 Å². The zero-order valence-corrected chi connectivity index (χ0v) is 21.5. The number of aromatic nitrogens is 2. The molecule has 1 saturated heterocycles. The summed E-state index contributed by atoms with van der Waals surface area (Å²) in [6.07, 6.45) is 3.81. The van der Waals surface area contributed by atoms with Crippen molar-refractivity contribution in [2.75, 3.05) is 4.90 Å². The van der Waals surface area contributed by atoms with E-state index in [9.17, 15) is 0 Å². The van der Waals surface area contributed by atoms with Crippen LogP contribution in [-0.4, -0.2) is 14.7 Å². The van der Waals surface area contributed by atoms with Crippen LogP contribution in [0.1, 0.15) is 29.0 Å². The zero-order chi connectivity index (χ0) is 23.1. The van der Waals surface area contributed by atoms with E-state index in [0.717, 1.165) is 32.8 Å². The molecule has 4 nitrogen and oxygen atoms in total. The van der Waals surface area contributed by atoms with Gasteiger partial charge in [-0.2, -0.15) is 0 Å². The van der Waals surface area contributed by atoms with E-state index in [0.29, 0.717) is 15.2 Å². The van der Waals surface area contributed by atoms with Crippen LogP contribution < -0.4 is 10.2 Å². The Morgan fingerprint density at radius 1 is 1.03 bits per heavy atom. The number of thiocarbonyl (C=S) groups is 1. The molecule has 0 saturated carbocycles. The summed E-state index contributed by atoms with van der Waals surface area (Å²) < 4.78 is 3.15. The van der Waals surface area contributed by atoms with Crippen LogP contribution in [0, 0.1) is 6.92 Å². The first-order chi connectivity index (χ1) is 15.9. The molecule has 1 N–H and O–H groups in total. The number of anilines is 1. The van der Waals surface area contributed by atoms with Crippen LogP contribution in [0.3, 0.4) is 0 Å². The van der Waals surface area contributed by atoms with E-state index in [4.69, 9.17) is 35.4 Å². The van der Waals surface area contributed by atoms with Gasteiger partial charge < -0.3 is 14.8 Å². The minimum Gasteiger partial charge on any atom is -0.351 e. The Bertz CT molecular complexity index is 1340. The fourth-order valence-electron chi connectivity index (χ4n) is 4.24. The van der Waals surface area contributed by atoms with E-state index < -0.39 is 0 Å². The lowest BCUT2D eigenvalue weighted by Crippen LogP contribution is -2.30. The maximum atomic E-state index is 6.60. The topological polar surface area (TPSA) is 33.1 Å². The van der Waals surface area contributed by atoms with Crippen molar-refractivity contribution in [3.63, 3.8) is 0 Å². The van der Waals surface area contributed by atoms with E-state index in [1.807, 2.05) is 48.7 Å². The second-order valence-corrected chi connectivity index (χ2v) is 9.91. The lowest BCUT2D eigenvalue weighted by molar-refractivity contribution is 0.549.